The van der Waals surface area contributed by atoms with Crippen molar-refractivity contribution in [1.29, 1.82) is 0 Å². The first-order chi connectivity index (χ1) is 22.3. The molecule has 5 rings (SSSR count). The fourth-order valence-corrected chi connectivity index (χ4v) is 5.94. The van der Waals surface area contributed by atoms with Gasteiger partial charge in [-0.3, -0.25) is 10.1 Å². The van der Waals surface area contributed by atoms with E-state index in [4.69, 9.17) is 6.57 Å². The van der Waals surface area contributed by atoms with Crippen LogP contribution in [0.2, 0.25) is 0 Å². The Kier molecular flexibility index (Phi) is 14.4. The predicted octanol–water partition coefficient (Wildman–Crippen LogP) is 7.42. The summed E-state index contributed by atoms with van der Waals surface area (Å²) in [5, 5.41) is 6.69. The van der Waals surface area contributed by atoms with Crippen LogP contribution in [-0.2, 0) is 29.7 Å². The summed E-state index contributed by atoms with van der Waals surface area (Å²) in [7, 11) is 0. The third-order valence-corrected chi connectivity index (χ3v) is 8.16. The van der Waals surface area contributed by atoms with Crippen LogP contribution < -0.4 is 10.6 Å². The van der Waals surface area contributed by atoms with Crippen LogP contribution in [0.3, 0.4) is 0 Å². The van der Waals surface area contributed by atoms with Gasteiger partial charge in [0.25, 0.3) is 0 Å². The Morgan fingerprint density at radius 3 is 2.02 bits per heavy atom. The fraction of sp³-hybridized carbons (Fsp3) is 0.405. The van der Waals surface area contributed by atoms with Gasteiger partial charge in [0.2, 0.25) is 5.91 Å². The number of hydrogen-bond acceptors (Lipinski definition) is 7. The van der Waals surface area contributed by atoms with Crippen molar-refractivity contribution in [2.45, 2.75) is 77.8 Å². The molecule has 0 bridgehead atoms. The van der Waals surface area contributed by atoms with Gasteiger partial charge in [0.15, 0.2) is 5.69 Å². The standard InChI is InChI=1S/C31H34N4O.C4H6O4.C2H6/c1-32-28-11-7-8-25(22-28)24-14-16-26(17-15-24)31(18-20-35(21-19-31)29-12-5-6-13-29)33-23-30(36)34-27-9-3-2-4-10-27;1-3(5)7-8-4(2)6;1-2/h2-4,7-11,14-17,22,29,33H,5-6,12-13,18-21,23H2,(H,34,36);1-2H3;1-2H3. The average Bonchev–Trinajstić information content (AvgIpc) is 3.64. The zero-order valence-corrected chi connectivity index (χ0v) is 27.4. The summed E-state index contributed by atoms with van der Waals surface area (Å²) in [4.78, 5) is 46.4. The Hall–Kier alpha value is -4.52. The summed E-state index contributed by atoms with van der Waals surface area (Å²) >= 11 is 0. The van der Waals surface area contributed by atoms with Crippen molar-refractivity contribution >= 4 is 29.2 Å². The number of carbonyl (C=O) groups excluding carboxylic acids is 3. The molecule has 2 fully saturated rings. The van der Waals surface area contributed by atoms with Crippen LogP contribution in [0.25, 0.3) is 16.0 Å². The van der Waals surface area contributed by atoms with Crippen molar-refractivity contribution in [1.82, 2.24) is 10.2 Å². The van der Waals surface area contributed by atoms with E-state index in [1.807, 2.05) is 68.4 Å². The quantitative estimate of drug-likeness (QED) is 0.160. The summed E-state index contributed by atoms with van der Waals surface area (Å²) < 4.78 is 0. The lowest BCUT2D eigenvalue weighted by Gasteiger charge is -2.45. The lowest BCUT2D eigenvalue weighted by atomic mass is 9.79. The molecule has 46 heavy (non-hydrogen) atoms. The SMILES string of the molecule is CC.CC(=O)OOC(C)=O.[C-]#[N+]c1cccc(-c2ccc(C3(NCC(=O)Nc4ccccc4)CCN(C4CCCC4)CC3)cc2)c1. The van der Waals surface area contributed by atoms with Crippen LogP contribution in [0.5, 0.6) is 0 Å². The molecule has 1 heterocycles. The second-order valence-corrected chi connectivity index (χ2v) is 11.2. The Morgan fingerprint density at radius 1 is 0.848 bits per heavy atom. The lowest BCUT2D eigenvalue weighted by Crippen LogP contribution is -2.54. The van der Waals surface area contributed by atoms with Crippen molar-refractivity contribution in [2.24, 2.45) is 0 Å². The van der Waals surface area contributed by atoms with Crippen LogP contribution in [-0.4, -0.2) is 48.4 Å². The highest BCUT2D eigenvalue weighted by Crippen LogP contribution is 2.37. The first kappa shape index (κ1) is 36.0. The number of amides is 1. The molecule has 3 aromatic carbocycles. The molecule has 9 nitrogen and oxygen atoms in total. The van der Waals surface area contributed by atoms with E-state index in [9.17, 15) is 14.4 Å². The third-order valence-electron chi connectivity index (χ3n) is 8.16. The molecule has 0 spiro atoms. The Bertz CT molecular complexity index is 1420. The van der Waals surface area contributed by atoms with E-state index in [1.165, 1.54) is 31.2 Å². The number of para-hydroxylation sites is 1. The first-order valence-corrected chi connectivity index (χ1v) is 16.1. The molecule has 0 atom stereocenters. The molecular formula is C37H46N4O5. The molecule has 1 aliphatic heterocycles. The lowest BCUT2D eigenvalue weighted by molar-refractivity contribution is -0.255. The molecule has 0 unspecified atom stereocenters. The van der Waals surface area contributed by atoms with Gasteiger partial charge in [-0.1, -0.05) is 87.4 Å². The van der Waals surface area contributed by atoms with E-state index in [0.29, 0.717) is 5.69 Å². The van der Waals surface area contributed by atoms with Crippen molar-refractivity contribution in [3.05, 3.63) is 95.8 Å². The number of piperidine rings is 1. The van der Waals surface area contributed by atoms with Crippen molar-refractivity contribution in [3.63, 3.8) is 0 Å². The van der Waals surface area contributed by atoms with E-state index in [1.54, 1.807) is 0 Å². The number of nitrogens with zero attached hydrogens (tertiary/aromatic N) is 2. The second-order valence-electron chi connectivity index (χ2n) is 11.2. The number of nitrogens with one attached hydrogen (secondary N) is 2. The van der Waals surface area contributed by atoms with E-state index < -0.39 is 11.9 Å². The van der Waals surface area contributed by atoms with Gasteiger partial charge in [-0.05, 0) is 60.6 Å². The predicted molar refractivity (Wildman–Crippen MR) is 181 cm³/mol. The Balaban J connectivity index is 0.000000505. The number of carbonyl (C=O) groups is 3. The molecule has 1 saturated heterocycles. The van der Waals surface area contributed by atoms with Crippen LogP contribution in [0.4, 0.5) is 11.4 Å². The minimum atomic E-state index is -0.639. The maximum Gasteiger partial charge on any atom is 0.352 e. The molecule has 1 amide bonds. The maximum absolute atomic E-state index is 12.8. The molecule has 0 radical (unpaired) electrons. The smallest absolute Gasteiger partial charge is 0.325 e. The summed E-state index contributed by atoms with van der Waals surface area (Å²) in [6.45, 7) is 16.0. The van der Waals surface area contributed by atoms with Gasteiger partial charge in [-0.25, -0.2) is 24.2 Å². The van der Waals surface area contributed by atoms with Crippen LogP contribution in [0.1, 0.15) is 71.8 Å². The zero-order chi connectivity index (χ0) is 33.4. The number of anilines is 1. The van der Waals surface area contributed by atoms with E-state index in [-0.39, 0.29) is 18.0 Å². The highest BCUT2D eigenvalue weighted by Gasteiger charge is 2.38. The largest absolute Gasteiger partial charge is 0.352 e. The molecule has 0 aromatic heterocycles. The summed E-state index contributed by atoms with van der Waals surface area (Å²) in [5.74, 6) is -1.30. The Labute approximate surface area is 273 Å². The molecule has 1 saturated carbocycles. The van der Waals surface area contributed by atoms with Crippen molar-refractivity contribution in [2.75, 3.05) is 25.0 Å². The highest BCUT2D eigenvalue weighted by atomic mass is 17.2. The van der Waals surface area contributed by atoms with Crippen LogP contribution in [0.15, 0.2) is 78.9 Å². The van der Waals surface area contributed by atoms with E-state index in [0.717, 1.165) is 62.6 Å². The molecule has 2 N–H and O–H groups in total. The zero-order valence-electron chi connectivity index (χ0n) is 27.4. The van der Waals surface area contributed by atoms with Gasteiger partial charge in [0, 0.05) is 44.2 Å². The van der Waals surface area contributed by atoms with Crippen molar-refractivity contribution < 1.29 is 24.2 Å². The van der Waals surface area contributed by atoms with Gasteiger partial charge in [-0.2, -0.15) is 0 Å². The number of hydrogen-bond donors (Lipinski definition) is 2. The second kappa shape index (κ2) is 18.4. The first-order valence-electron chi connectivity index (χ1n) is 16.1. The third kappa shape index (κ3) is 10.8. The maximum atomic E-state index is 12.8. The summed E-state index contributed by atoms with van der Waals surface area (Å²) in [6.07, 6.45) is 7.29. The highest BCUT2D eigenvalue weighted by molar-refractivity contribution is 5.92. The van der Waals surface area contributed by atoms with Gasteiger partial charge < -0.3 is 10.2 Å². The summed E-state index contributed by atoms with van der Waals surface area (Å²) in [5.41, 5.74) is 4.62. The van der Waals surface area contributed by atoms with E-state index in [2.05, 4.69) is 54.4 Å². The van der Waals surface area contributed by atoms with Crippen molar-refractivity contribution in [3.8, 4) is 11.1 Å². The normalized spacial score (nSPS) is 15.5. The molecule has 1 aliphatic carbocycles. The van der Waals surface area contributed by atoms with Crippen LogP contribution >= 0.6 is 0 Å². The molecule has 2 aliphatic rings. The number of benzene rings is 3. The van der Waals surface area contributed by atoms with Gasteiger partial charge >= 0.3 is 11.9 Å². The Morgan fingerprint density at radius 2 is 1.46 bits per heavy atom. The topological polar surface area (TPSA) is 101 Å². The monoisotopic (exact) mass is 626 g/mol. The number of rotatable bonds is 7. The molecule has 3 aromatic rings. The minimum Gasteiger partial charge on any atom is -0.325 e. The van der Waals surface area contributed by atoms with E-state index >= 15 is 0 Å². The van der Waals surface area contributed by atoms with Gasteiger partial charge in [0.1, 0.15) is 0 Å². The molecular weight excluding hydrogens is 580 g/mol. The van der Waals surface area contributed by atoms with Gasteiger partial charge in [0.05, 0.1) is 13.1 Å². The van der Waals surface area contributed by atoms with Crippen LogP contribution in [0, 0.1) is 6.57 Å². The molecule has 9 heteroatoms. The fourth-order valence-electron chi connectivity index (χ4n) is 5.94. The summed E-state index contributed by atoms with van der Waals surface area (Å²) in [6, 6.07) is 26.8. The minimum absolute atomic E-state index is 0.0219. The number of likely N-dealkylation sites (tertiary alicyclic amines) is 1. The van der Waals surface area contributed by atoms with Gasteiger partial charge in [-0.15, -0.1) is 0 Å². The molecule has 244 valence electrons. The average molecular weight is 627 g/mol.